The summed E-state index contributed by atoms with van der Waals surface area (Å²) in [4.78, 5) is 15.2. The summed E-state index contributed by atoms with van der Waals surface area (Å²) < 4.78 is 33.7. The molecule has 9 heteroatoms. The zero-order valence-electron chi connectivity index (χ0n) is 19.9. The predicted molar refractivity (Wildman–Crippen MR) is 129 cm³/mol. The molecule has 2 aliphatic rings. The van der Waals surface area contributed by atoms with Crippen LogP contribution in [0.1, 0.15) is 32.3 Å². The van der Waals surface area contributed by atoms with E-state index in [0.717, 1.165) is 5.75 Å². The molecule has 0 radical (unpaired) electrons. The number of sulfonamides is 1. The van der Waals surface area contributed by atoms with E-state index in [1.54, 1.807) is 13.0 Å². The summed E-state index contributed by atoms with van der Waals surface area (Å²) in [5, 5.41) is 13.5. The number of aromatic hydroxyl groups is 1. The van der Waals surface area contributed by atoms with Crippen LogP contribution < -0.4 is 10.1 Å². The molecule has 2 aromatic carbocycles. The molecule has 4 rings (SSSR count). The van der Waals surface area contributed by atoms with Gasteiger partial charge < -0.3 is 14.7 Å². The van der Waals surface area contributed by atoms with Gasteiger partial charge in [-0.15, -0.1) is 0 Å². The molecule has 34 heavy (non-hydrogen) atoms. The third-order valence-electron chi connectivity index (χ3n) is 6.83. The van der Waals surface area contributed by atoms with Gasteiger partial charge in [0, 0.05) is 19.2 Å². The van der Waals surface area contributed by atoms with Crippen molar-refractivity contribution in [2.45, 2.75) is 50.2 Å². The molecule has 2 N–H and O–H groups in total. The van der Waals surface area contributed by atoms with Crippen LogP contribution in [0.2, 0.25) is 0 Å². The number of carbonyl (C=O) groups excluding carboxylic acids is 1. The van der Waals surface area contributed by atoms with Crippen LogP contribution >= 0.6 is 0 Å². The van der Waals surface area contributed by atoms with E-state index in [-0.39, 0.29) is 41.6 Å². The van der Waals surface area contributed by atoms with Gasteiger partial charge in [-0.25, -0.2) is 8.42 Å². The molecular weight excluding hydrogens is 454 g/mol. The Morgan fingerprint density at radius 2 is 1.82 bits per heavy atom. The Labute approximate surface area is 201 Å². The van der Waals surface area contributed by atoms with Gasteiger partial charge in [0.1, 0.15) is 18.1 Å². The molecule has 1 atom stereocenters. The van der Waals surface area contributed by atoms with E-state index in [9.17, 15) is 18.3 Å². The molecular formula is C25H33N3O5S. The van der Waals surface area contributed by atoms with Gasteiger partial charge in [0.15, 0.2) is 0 Å². The van der Waals surface area contributed by atoms with Crippen molar-refractivity contribution in [2.75, 3.05) is 26.2 Å². The molecule has 0 aromatic heterocycles. The smallest absolute Gasteiger partial charge is 0.243 e. The number of para-hydroxylation sites is 1. The molecule has 184 valence electrons. The number of hydrogen-bond acceptors (Lipinski definition) is 6. The van der Waals surface area contributed by atoms with Crippen LogP contribution in [0.25, 0.3) is 0 Å². The number of nitrogens with zero attached hydrogens (tertiary/aromatic N) is 2. The zero-order valence-corrected chi connectivity index (χ0v) is 20.7. The maximum Gasteiger partial charge on any atom is 0.243 e. The monoisotopic (exact) mass is 487 g/mol. The highest BCUT2D eigenvalue weighted by atomic mass is 32.2. The standard InChI is InChI=1S/C25H33N3O5S/c1-18(2)23-24(30)28(15-16-33-20-7-5-4-6-8-20)25(26-23)11-13-27(14-12-25)34(31,32)21-10-9-19(3)22(29)17-21/h4-10,17-18,23,26,29H,11-16H2,1-3H3. The fourth-order valence-corrected chi connectivity index (χ4v) is 6.23. The first-order chi connectivity index (χ1) is 16.1. The summed E-state index contributed by atoms with van der Waals surface area (Å²) in [7, 11) is -3.74. The molecule has 1 unspecified atom stereocenters. The van der Waals surface area contributed by atoms with Crippen molar-refractivity contribution in [3.05, 3.63) is 54.1 Å². The highest BCUT2D eigenvalue weighted by Crippen LogP contribution is 2.36. The van der Waals surface area contributed by atoms with Crippen molar-refractivity contribution in [3.63, 3.8) is 0 Å². The highest BCUT2D eigenvalue weighted by molar-refractivity contribution is 7.89. The van der Waals surface area contributed by atoms with Gasteiger partial charge in [-0.05, 0) is 49.4 Å². The normalized spacial score (nSPS) is 20.9. The highest BCUT2D eigenvalue weighted by Gasteiger charge is 2.52. The fourth-order valence-electron chi connectivity index (χ4n) is 4.76. The van der Waals surface area contributed by atoms with Crippen LogP contribution in [0.15, 0.2) is 53.4 Å². The van der Waals surface area contributed by atoms with Gasteiger partial charge in [0.2, 0.25) is 15.9 Å². The molecule has 2 heterocycles. The van der Waals surface area contributed by atoms with Gasteiger partial charge in [-0.2, -0.15) is 4.31 Å². The van der Waals surface area contributed by atoms with Gasteiger partial charge in [-0.1, -0.05) is 38.1 Å². The van der Waals surface area contributed by atoms with Gasteiger partial charge in [0.05, 0.1) is 23.1 Å². The maximum atomic E-state index is 13.3. The second-order valence-corrected chi connectivity index (χ2v) is 11.3. The van der Waals surface area contributed by atoms with Gasteiger partial charge in [-0.3, -0.25) is 10.1 Å². The molecule has 1 amide bonds. The Morgan fingerprint density at radius 3 is 2.44 bits per heavy atom. The summed E-state index contributed by atoms with van der Waals surface area (Å²) in [5.41, 5.74) is 0.0198. The number of hydrogen-bond donors (Lipinski definition) is 2. The van der Waals surface area contributed by atoms with Crippen LogP contribution in [0, 0.1) is 12.8 Å². The molecule has 2 fully saturated rings. The maximum absolute atomic E-state index is 13.3. The second-order valence-electron chi connectivity index (χ2n) is 9.40. The molecule has 0 bridgehead atoms. The van der Waals surface area contributed by atoms with Crippen LogP contribution in [-0.2, 0) is 14.8 Å². The van der Waals surface area contributed by atoms with E-state index in [4.69, 9.17) is 4.74 Å². The van der Waals surface area contributed by atoms with Crippen molar-refractivity contribution in [1.82, 2.24) is 14.5 Å². The minimum absolute atomic E-state index is 0.0337. The topological polar surface area (TPSA) is 99.2 Å². The first-order valence-electron chi connectivity index (χ1n) is 11.7. The Kier molecular flexibility index (Phi) is 6.89. The van der Waals surface area contributed by atoms with Gasteiger partial charge in [0.25, 0.3) is 0 Å². The van der Waals surface area contributed by atoms with E-state index in [0.29, 0.717) is 31.6 Å². The second kappa shape index (κ2) is 9.56. The van der Waals surface area contributed by atoms with E-state index in [2.05, 4.69) is 5.32 Å². The summed E-state index contributed by atoms with van der Waals surface area (Å²) in [5.74, 6) is 0.856. The fraction of sp³-hybridized carbons (Fsp3) is 0.480. The number of rotatable bonds is 7. The minimum Gasteiger partial charge on any atom is -0.508 e. The largest absolute Gasteiger partial charge is 0.508 e. The SMILES string of the molecule is Cc1ccc(S(=O)(=O)N2CCC3(CC2)NC(C(C)C)C(=O)N3CCOc2ccccc2)cc1O. The number of carbonyl (C=O) groups is 1. The van der Waals surface area contributed by atoms with Crippen LogP contribution in [0.4, 0.5) is 0 Å². The van der Waals surface area contributed by atoms with Crippen molar-refractivity contribution in [1.29, 1.82) is 0 Å². The number of benzene rings is 2. The third-order valence-corrected chi connectivity index (χ3v) is 8.73. The molecule has 2 aliphatic heterocycles. The van der Waals surface area contributed by atoms with E-state index < -0.39 is 15.7 Å². The number of phenolic OH excluding ortho intramolecular Hbond substituents is 1. The average molecular weight is 488 g/mol. The van der Waals surface area contributed by atoms with Crippen LogP contribution in [0.3, 0.4) is 0 Å². The number of aryl methyl sites for hydroxylation is 1. The molecule has 0 aliphatic carbocycles. The Morgan fingerprint density at radius 1 is 1.15 bits per heavy atom. The first-order valence-corrected chi connectivity index (χ1v) is 13.1. The lowest BCUT2D eigenvalue weighted by Crippen LogP contribution is -2.60. The number of ether oxygens (including phenoxy) is 1. The molecule has 0 saturated carbocycles. The summed E-state index contributed by atoms with van der Waals surface area (Å²) in [6, 6.07) is 13.6. The van der Waals surface area contributed by atoms with Crippen molar-refractivity contribution in [3.8, 4) is 11.5 Å². The lowest BCUT2D eigenvalue weighted by Gasteiger charge is -2.44. The number of nitrogens with one attached hydrogen (secondary N) is 1. The summed E-state index contributed by atoms with van der Waals surface area (Å²) in [6.07, 6.45) is 0.953. The average Bonchev–Trinajstić information content (AvgIpc) is 3.08. The first kappa shape index (κ1) is 24.5. The van der Waals surface area contributed by atoms with E-state index >= 15 is 0 Å². The summed E-state index contributed by atoms with van der Waals surface area (Å²) in [6.45, 7) is 7.07. The third kappa shape index (κ3) is 4.64. The van der Waals surface area contributed by atoms with Crippen molar-refractivity contribution < 1.29 is 23.1 Å². The Balaban J connectivity index is 1.49. The molecule has 1 spiro atoms. The minimum atomic E-state index is -3.74. The zero-order chi connectivity index (χ0) is 24.5. The lowest BCUT2D eigenvalue weighted by atomic mass is 9.97. The van der Waals surface area contributed by atoms with Crippen molar-refractivity contribution >= 4 is 15.9 Å². The quantitative estimate of drug-likeness (QED) is 0.623. The van der Waals surface area contributed by atoms with E-state index in [1.807, 2.05) is 49.1 Å². The van der Waals surface area contributed by atoms with E-state index in [1.165, 1.54) is 16.4 Å². The number of amides is 1. The Hall–Kier alpha value is -2.62. The van der Waals surface area contributed by atoms with Crippen LogP contribution in [-0.4, -0.2) is 66.6 Å². The number of phenols is 1. The van der Waals surface area contributed by atoms with Gasteiger partial charge >= 0.3 is 0 Å². The molecule has 2 saturated heterocycles. The van der Waals surface area contributed by atoms with Crippen molar-refractivity contribution in [2.24, 2.45) is 5.92 Å². The number of piperidine rings is 1. The Bertz CT molecular complexity index is 1130. The lowest BCUT2D eigenvalue weighted by molar-refractivity contribution is -0.134. The summed E-state index contributed by atoms with van der Waals surface area (Å²) >= 11 is 0. The predicted octanol–water partition coefficient (Wildman–Crippen LogP) is 2.72. The molecule has 2 aromatic rings. The van der Waals surface area contributed by atoms with Crippen LogP contribution in [0.5, 0.6) is 11.5 Å². The molecule has 8 nitrogen and oxygen atoms in total.